The van der Waals surface area contributed by atoms with Crippen molar-refractivity contribution in [1.82, 2.24) is 24.5 Å². The smallest absolute Gasteiger partial charge is 0.167 e. The van der Waals surface area contributed by atoms with Crippen molar-refractivity contribution in [3.05, 3.63) is 49.1 Å². The molecule has 0 atom stereocenters. The molecule has 0 radical (unpaired) electrons. The third-order valence-corrected chi connectivity index (χ3v) is 3.37. The highest BCUT2D eigenvalue weighted by molar-refractivity contribution is 5.53. The maximum Gasteiger partial charge on any atom is 0.167 e. The summed E-state index contributed by atoms with van der Waals surface area (Å²) in [7, 11) is 0. The monoisotopic (exact) mass is 251 g/mol. The molecule has 4 rings (SSSR count). The zero-order valence-corrected chi connectivity index (χ0v) is 10.3. The van der Waals surface area contributed by atoms with Crippen LogP contribution in [0.3, 0.4) is 0 Å². The van der Waals surface area contributed by atoms with Gasteiger partial charge in [-0.3, -0.25) is 0 Å². The first-order valence-electron chi connectivity index (χ1n) is 6.42. The number of aromatic nitrogens is 5. The van der Waals surface area contributed by atoms with E-state index in [-0.39, 0.29) is 0 Å². The van der Waals surface area contributed by atoms with Crippen molar-refractivity contribution in [2.75, 3.05) is 0 Å². The first-order valence-corrected chi connectivity index (χ1v) is 6.42. The second-order valence-corrected chi connectivity index (χ2v) is 4.80. The van der Waals surface area contributed by atoms with Crippen molar-refractivity contribution in [3.63, 3.8) is 0 Å². The van der Waals surface area contributed by atoms with Crippen LogP contribution in [0.25, 0.3) is 17.1 Å². The van der Waals surface area contributed by atoms with Crippen molar-refractivity contribution >= 4 is 0 Å². The summed E-state index contributed by atoms with van der Waals surface area (Å²) in [4.78, 5) is 0. The Labute approximate surface area is 110 Å². The van der Waals surface area contributed by atoms with Crippen LogP contribution in [-0.4, -0.2) is 24.5 Å². The number of benzene rings is 1. The van der Waals surface area contributed by atoms with Gasteiger partial charge < -0.3 is 4.57 Å². The molecule has 0 bridgehead atoms. The Hall–Kier alpha value is -2.43. The molecule has 0 saturated heterocycles. The minimum atomic E-state index is 0.574. The highest BCUT2D eigenvalue weighted by Gasteiger charge is 2.26. The van der Waals surface area contributed by atoms with Crippen molar-refractivity contribution in [1.29, 1.82) is 0 Å². The fourth-order valence-corrected chi connectivity index (χ4v) is 2.23. The SMILES string of the molecule is c1ccc(-n2cc(-c3nncn3C3CC3)cn2)cc1. The van der Waals surface area contributed by atoms with Crippen molar-refractivity contribution in [3.8, 4) is 17.1 Å². The van der Waals surface area contributed by atoms with E-state index in [0.29, 0.717) is 6.04 Å². The summed E-state index contributed by atoms with van der Waals surface area (Å²) in [6.07, 6.45) is 8.09. The standard InChI is InChI=1S/C14H13N5/c1-2-4-13(5-3-1)19-9-11(8-16-19)14-17-15-10-18(14)12-6-7-12/h1-5,8-10,12H,6-7H2. The van der Waals surface area contributed by atoms with Crippen LogP contribution >= 0.6 is 0 Å². The summed E-state index contributed by atoms with van der Waals surface area (Å²) in [6.45, 7) is 0. The van der Waals surface area contributed by atoms with Gasteiger partial charge >= 0.3 is 0 Å². The molecule has 1 saturated carbocycles. The van der Waals surface area contributed by atoms with Gasteiger partial charge in [0.2, 0.25) is 0 Å². The van der Waals surface area contributed by atoms with Gasteiger partial charge in [0.15, 0.2) is 5.82 Å². The quantitative estimate of drug-likeness (QED) is 0.718. The molecule has 0 N–H and O–H groups in total. The Bertz CT molecular complexity index is 693. The predicted octanol–water partition coefficient (Wildman–Crippen LogP) is 2.47. The van der Waals surface area contributed by atoms with E-state index in [4.69, 9.17) is 0 Å². The van der Waals surface area contributed by atoms with Crippen LogP contribution in [0.5, 0.6) is 0 Å². The van der Waals surface area contributed by atoms with Crippen molar-refractivity contribution in [2.45, 2.75) is 18.9 Å². The Morgan fingerprint density at radius 3 is 2.74 bits per heavy atom. The average Bonchev–Trinajstić information content (AvgIpc) is 3.01. The summed E-state index contributed by atoms with van der Waals surface area (Å²) < 4.78 is 4.01. The molecule has 0 unspecified atom stereocenters. The first-order chi connectivity index (χ1) is 9.42. The molecule has 5 heteroatoms. The minimum absolute atomic E-state index is 0.574. The van der Waals surface area contributed by atoms with Crippen LogP contribution in [0.15, 0.2) is 49.1 Å². The molecule has 1 fully saturated rings. The molecule has 5 nitrogen and oxygen atoms in total. The summed E-state index contributed by atoms with van der Waals surface area (Å²) in [5.41, 5.74) is 2.06. The molecule has 1 aliphatic carbocycles. The molecule has 2 aromatic heterocycles. The molecular formula is C14H13N5. The largest absolute Gasteiger partial charge is 0.310 e. The molecule has 2 heterocycles. The van der Waals surface area contributed by atoms with Gasteiger partial charge in [-0.05, 0) is 25.0 Å². The molecule has 1 aromatic carbocycles. The van der Waals surface area contributed by atoms with Gasteiger partial charge in [0.1, 0.15) is 6.33 Å². The van der Waals surface area contributed by atoms with Crippen LogP contribution < -0.4 is 0 Å². The molecule has 19 heavy (non-hydrogen) atoms. The third kappa shape index (κ3) is 1.83. The first kappa shape index (κ1) is 10.5. The molecule has 0 spiro atoms. The Morgan fingerprint density at radius 1 is 1.11 bits per heavy atom. The van der Waals surface area contributed by atoms with E-state index in [1.54, 1.807) is 0 Å². The maximum absolute atomic E-state index is 4.40. The molecule has 1 aliphatic rings. The maximum atomic E-state index is 4.40. The van der Waals surface area contributed by atoms with Gasteiger partial charge in [0.05, 0.1) is 17.4 Å². The highest BCUT2D eigenvalue weighted by Crippen LogP contribution is 2.37. The van der Waals surface area contributed by atoms with E-state index >= 15 is 0 Å². The fourth-order valence-electron chi connectivity index (χ4n) is 2.23. The van der Waals surface area contributed by atoms with Gasteiger partial charge in [-0.15, -0.1) is 10.2 Å². The van der Waals surface area contributed by atoms with E-state index in [0.717, 1.165) is 17.1 Å². The van der Waals surface area contributed by atoms with E-state index < -0.39 is 0 Å². The van der Waals surface area contributed by atoms with Crippen molar-refractivity contribution < 1.29 is 0 Å². The molecule has 0 aliphatic heterocycles. The van der Waals surface area contributed by atoms with Crippen LogP contribution in [0.4, 0.5) is 0 Å². The molecule has 3 aromatic rings. The Balaban J connectivity index is 1.73. The lowest BCUT2D eigenvalue weighted by Gasteiger charge is -2.01. The number of para-hydroxylation sites is 1. The summed E-state index contributed by atoms with van der Waals surface area (Å²) in [5.74, 6) is 0.907. The van der Waals surface area contributed by atoms with E-state index in [1.165, 1.54) is 12.8 Å². The minimum Gasteiger partial charge on any atom is -0.310 e. The lowest BCUT2D eigenvalue weighted by Crippen LogP contribution is -1.95. The van der Waals surface area contributed by atoms with Gasteiger partial charge in [-0.2, -0.15) is 5.10 Å². The third-order valence-electron chi connectivity index (χ3n) is 3.37. The second kappa shape index (κ2) is 4.05. The normalized spacial score (nSPS) is 14.7. The number of nitrogens with zero attached hydrogens (tertiary/aromatic N) is 5. The zero-order chi connectivity index (χ0) is 12.7. The number of hydrogen-bond acceptors (Lipinski definition) is 3. The van der Waals surface area contributed by atoms with Gasteiger partial charge in [-0.1, -0.05) is 18.2 Å². The molecule has 0 amide bonds. The van der Waals surface area contributed by atoms with Crippen molar-refractivity contribution in [2.24, 2.45) is 0 Å². The van der Waals surface area contributed by atoms with Gasteiger partial charge in [-0.25, -0.2) is 4.68 Å². The van der Waals surface area contributed by atoms with E-state index in [1.807, 2.05) is 53.7 Å². The second-order valence-electron chi connectivity index (χ2n) is 4.80. The average molecular weight is 251 g/mol. The van der Waals surface area contributed by atoms with Crippen LogP contribution in [0.2, 0.25) is 0 Å². The van der Waals surface area contributed by atoms with E-state index in [2.05, 4.69) is 19.9 Å². The lowest BCUT2D eigenvalue weighted by molar-refractivity contribution is 0.746. The van der Waals surface area contributed by atoms with Crippen LogP contribution in [-0.2, 0) is 0 Å². The van der Waals surface area contributed by atoms with Crippen LogP contribution in [0.1, 0.15) is 18.9 Å². The summed E-state index contributed by atoms with van der Waals surface area (Å²) >= 11 is 0. The molecule has 94 valence electrons. The predicted molar refractivity (Wildman–Crippen MR) is 70.9 cm³/mol. The zero-order valence-electron chi connectivity index (χ0n) is 10.3. The Kier molecular flexibility index (Phi) is 2.24. The van der Waals surface area contributed by atoms with Gasteiger partial charge in [0, 0.05) is 12.2 Å². The summed E-state index contributed by atoms with van der Waals surface area (Å²) in [5, 5.41) is 12.6. The fraction of sp³-hybridized carbons (Fsp3) is 0.214. The van der Waals surface area contributed by atoms with Crippen LogP contribution in [0, 0.1) is 0 Å². The number of hydrogen-bond donors (Lipinski definition) is 0. The molecular weight excluding hydrogens is 238 g/mol. The highest BCUT2D eigenvalue weighted by atomic mass is 15.3. The number of rotatable bonds is 3. The van der Waals surface area contributed by atoms with Gasteiger partial charge in [0.25, 0.3) is 0 Å². The topological polar surface area (TPSA) is 48.5 Å². The van der Waals surface area contributed by atoms with E-state index in [9.17, 15) is 0 Å². The lowest BCUT2D eigenvalue weighted by atomic mass is 10.3. The Morgan fingerprint density at radius 2 is 1.95 bits per heavy atom. The summed E-state index contributed by atoms with van der Waals surface area (Å²) in [6, 6.07) is 10.6.